The van der Waals surface area contributed by atoms with Gasteiger partial charge in [-0.3, -0.25) is 8.92 Å². The van der Waals surface area contributed by atoms with Crippen molar-refractivity contribution in [2.24, 2.45) is 0 Å². The first kappa shape index (κ1) is 183. The minimum atomic E-state index is -1.42. The predicted octanol–water partition coefficient (Wildman–Crippen LogP) is -11.1. The molecule has 0 rings (SSSR count). The van der Waals surface area contributed by atoms with Gasteiger partial charge in [-0.1, -0.05) is 0 Å². The van der Waals surface area contributed by atoms with Crippen LogP contribution in [0.25, 0.3) is 0 Å². The molecule has 2 atom stereocenters. The van der Waals surface area contributed by atoms with Gasteiger partial charge in [0.05, 0.1) is 0 Å². The van der Waals surface area contributed by atoms with E-state index in [1.165, 1.54) is 0 Å². The van der Waals surface area contributed by atoms with Crippen molar-refractivity contribution >= 4 is 314 Å². The average molecular weight is 1850 g/mol. The van der Waals surface area contributed by atoms with Gasteiger partial charge in [0.15, 0.2) is 0 Å². The smallest absolute Gasteiger partial charge is 0.0149 e. The average Bonchev–Trinajstić information content (AvgIpc) is 0.918. The van der Waals surface area contributed by atoms with E-state index in [1.807, 2.05) is 0 Å². The van der Waals surface area contributed by atoms with Gasteiger partial charge in [-0.15, -0.1) is 0 Å². The maximum Gasteiger partial charge on any atom is -0.0149 e. The van der Waals surface area contributed by atoms with Gasteiger partial charge in [-0.2, -0.15) is 27.0 Å². The topological polar surface area (TPSA) is 34.1 Å². The fraction of sp³-hybridized carbons (Fsp3) is 0. The predicted molar refractivity (Wildman–Crippen MR) is 132 cm³/mol. The van der Waals surface area contributed by atoms with E-state index in [1.54, 1.807) is 0 Å². The van der Waals surface area contributed by atoms with Gasteiger partial charge in [0, 0.05) is 101 Å². The Labute approximate surface area is 418 Å². The van der Waals surface area contributed by atoms with Crippen molar-refractivity contribution in [3.63, 3.8) is 0 Å². The summed E-state index contributed by atoms with van der Waals surface area (Å²) in [7, 11) is -1.42. The van der Waals surface area contributed by atoms with Gasteiger partial charge in [0.25, 0.3) is 0 Å². The summed E-state index contributed by atoms with van der Waals surface area (Å²) in [6.07, 6.45) is 0. The Morgan fingerprint density at radius 3 is 0.682 bits per heavy atom. The largest absolute Gasteiger partial charge is 0.0149 e. The standard InChI is InChI=1S/2AsH3.2Bi.2Ca.2Cu.2Fe.2Ni.O2Si.2Pb.2H2S.2Sb.H4Si.20H/c;;;;;;;;;;;;1-3-2;;;;;;;;;;;;;;;;;;;;;;;;;;;/h2*1H3;;;;;;;;;;;;;;2*1H2;;;1H4;;;;;;;;;;;;;;;;;;;;/q;;;;2*+2;;;;;;;;;;;;;;;;;;;;;;;;;;;;;;;4*-1. The molecular formula is H34As2Bi2Ca2Cu2Fe2Ni2O2Pb2S2Sb2Si2. The van der Waals surface area contributed by atoms with Gasteiger partial charge in [-0.25, -0.2) is 0 Å². The Balaban J connectivity index is -0.0000000000791. The van der Waals surface area contributed by atoms with Crippen molar-refractivity contribution in [2.45, 2.75) is 0 Å². The molecule has 0 aromatic rings. The second-order valence-corrected chi connectivity index (χ2v) is 0.250. The summed E-state index contributed by atoms with van der Waals surface area (Å²) in [6, 6.07) is 0. The van der Waals surface area contributed by atoms with Crippen molar-refractivity contribution in [3.8, 4) is 0 Å². The Morgan fingerprint density at radius 2 is 0.682 bits per heavy atom. The second kappa shape index (κ2) is 192. The summed E-state index contributed by atoms with van der Waals surface area (Å²) in [4.78, 5) is 0. The summed E-state index contributed by atoms with van der Waals surface area (Å²) in [5, 5.41) is 0. The Morgan fingerprint density at radius 1 is 0.682 bits per heavy atom. The van der Waals surface area contributed by atoms with Crippen molar-refractivity contribution < 1.29 is 116 Å². The first-order valence-corrected chi connectivity index (χ1v) is 1.22. The zero-order chi connectivity index (χ0) is 2.71. The van der Waals surface area contributed by atoms with Crippen molar-refractivity contribution in [2.75, 3.05) is 0 Å². The van der Waals surface area contributed by atoms with Crippen LogP contribution in [0.4, 0.5) is 0 Å². The van der Waals surface area contributed by atoms with E-state index in [-0.39, 0.29) is 412 Å². The SMILES string of the molecule is O=[Si]=O.S.S.[AsH3].[AsH3].[BiH3].[BiH3].[Ca+2].[Ca+2].[Cu].[Cu].[Fe].[Fe].[H-].[H-].[H-].[H-].[Ni].[Ni].[PbH2].[PbH2].[SbH3].[SbH3].[SiH4]. The van der Waals surface area contributed by atoms with Gasteiger partial charge < -0.3 is 5.71 Å². The Hall–Kier alpha value is 12.7. The molecular weight excluding hydrogens is 1810 g/mol. The minimum Gasteiger partial charge on any atom is -0.0149 e. The van der Waals surface area contributed by atoms with Crippen LogP contribution in [0.5, 0.6) is 0 Å². The first-order valence-electron chi connectivity index (χ1n) is 0.408. The molecule has 2 nitrogen and oxygen atoms in total. The third kappa shape index (κ3) is 204. The van der Waals surface area contributed by atoms with Crippen LogP contribution in [0, 0.1) is 0 Å². The van der Waals surface area contributed by atoms with Gasteiger partial charge in [0.1, 0.15) is 0 Å². The second-order valence-electron chi connectivity index (χ2n) is 0.0833. The molecule has 0 aliphatic carbocycles. The van der Waals surface area contributed by atoms with Gasteiger partial charge in [-0.05, 0) is 11.0 Å². The van der Waals surface area contributed by atoms with Crippen LogP contribution >= 0.6 is 27.0 Å². The molecule has 0 aliphatic heterocycles. The normalized spacial score (nSPS) is 0.364. The van der Waals surface area contributed by atoms with Gasteiger partial charge >= 0.3 is 277 Å². The molecule has 0 N–H and O–H groups in total. The van der Waals surface area contributed by atoms with E-state index in [2.05, 4.69) is 0 Å². The van der Waals surface area contributed by atoms with Gasteiger partial charge in [0.2, 0.25) is 0 Å². The third-order valence-corrected chi connectivity index (χ3v) is 0. The van der Waals surface area contributed by atoms with E-state index in [4.69, 9.17) is 8.92 Å². The molecule has 0 spiro atoms. The summed E-state index contributed by atoms with van der Waals surface area (Å²) in [5.41, 5.74) is 0. The molecule has 0 aromatic carbocycles. The number of hydrogen-bond donors (Lipinski definition) is 0. The molecule has 0 fully saturated rings. The number of hydrogen-bond acceptors (Lipinski definition) is 2. The monoisotopic (exact) mass is 1850 g/mol. The molecule has 2 unspecified atom stereocenters. The molecule has 0 saturated heterocycles. The third-order valence-electron chi connectivity index (χ3n) is 0. The summed E-state index contributed by atoms with van der Waals surface area (Å²) >= 11 is 0. The zero-order valence-electron chi connectivity index (χ0n) is 15.3. The fourth-order valence-electron chi connectivity index (χ4n) is 0. The van der Waals surface area contributed by atoms with Crippen LogP contribution in [0.3, 0.4) is 0 Å². The molecule has 0 aliphatic rings. The Kier molecular flexibility index (Phi) is 1590. The minimum absolute atomic E-state index is 0. The van der Waals surface area contributed by atoms with E-state index >= 15 is 0 Å². The van der Waals surface area contributed by atoms with Crippen LogP contribution in [-0.4, -0.2) is 288 Å². The maximum absolute atomic E-state index is 8.40. The van der Waals surface area contributed by atoms with E-state index in [0.29, 0.717) is 0 Å². The maximum atomic E-state index is 8.40. The van der Waals surface area contributed by atoms with Crippen LogP contribution < -0.4 is 0 Å². The fourth-order valence-corrected chi connectivity index (χ4v) is 0. The molecule has 0 saturated carbocycles. The van der Waals surface area contributed by atoms with Crippen molar-refractivity contribution in [3.05, 3.63) is 0 Å². The van der Waals surface area contributed by atoms with Crippen LogP contribution in [-0.2, 0) is 110 Å². The van der Waals surface area contributed by atoms with Crippen molar-refractivity contribution in [1.82, 2.24) is 0 Å². The zero-order valence-corrected chi connectivity index (χ0v) is 60.8. The molecule has 166 valence electrons. The number of rotatable bonds is 0. The molecule has 22 heavy (non-hydrogen) atoms. The summed E-state index contributed by atoms with van der Waals surface area (Å²) < 4.78 is 16.8. The molecule has 0 aromatic heterocycles. The van der Waals surface area contributed by atoms with E-state index < -0.39 is 9.29 Å². The quantitative estimate of drug-likeness (QED) is 0.227. The van der Waals surface area contributed by atoms with Crippen LogP contribution in [0.15, 0.2) is 0 Å². The molecule has 22 heteroatoms. The molecule has 0 heterocycles. The van der Waals surface area contributed by atoms with E-state index in [9.17, 15) is 0 Å². The summed E-state index contributed by atoms with van der Waals surface area (Å²) in [5.74, 6) is 0. The first-order chi connectivity index (χ1) is 1.41. The summed E-state index contributed by atoms with van der Waals surface area (Å²) in [6.45, 7) is 0. The molecule has 0 amide bonds. The van der Waals surface area contributed by atoms with Crippen molar-refractivity contribution in [1.29, 1.82) is 0 Å². The molecule has 6 radical (unpaired) electrons. The van der Waals surface area contributed by atoms with E-state index in [0.717, 1.165) is 0 Å². The van der Waals surface area contributed by atoms with Crippen LogP contribution in [0.2, 0.25) is 0 Å². The molecule has 0 bridgehead atoms. The Bertz CT molecular complexity index is 113. The van der Waals surface area contributed by atoms with Crippen LogP contribution in [0.1, 0.15) is 5.71 Å².